The predicted octanol–water partition coefficient (Wildman–Crippen LogP) is 3.58. The van der Waals surface area contributed by atoms with Gasteiger partial charge in [0.2, 0.25) is 5.78 Å². The maximum atomic E-state index is 4.68. The quantitative estimate of drug-likeness (QED) is 0.697. The van der Waals surface area contributed by atoms with Crippen LogP contribution < -0.4 is 0 Å². The molecule has 0 bridgehead atoms. The van der Waals surface area contributed by atoms with Crippen molar-refractivity contribution in [1.82, 2.24) is 14.4 Å². The molecule has 0 fully saturated rings. The van der Waals surface area contributed by atoms with Gasteiger partial charge in [0.25, 0.3) is 0 Å². The Morgan fingerprint density at radius 3 is 2.47 bits per heavy atom. The van der Waals surface area contributed by atoms with Crippen molar-refractivity contribution < 1.29 is 0 Å². The molecule has 19 heavy (non-hydrogen) atoms. The number of nitrogens with zero attached hydrogens (tertiary/aromatic N) is 3. The van der Waals surface area contributed by atoms with Crippen molar-refractivity contribution in [2.24, 2.45) is 0 Å². The first-order valence-corrected chi connectivity index (χ1v) is 6.61. The Balaban J connectivity index is 2.40. The summed E-state index contributed by atoms with van der Waals surface area (Å²) in [6, 6.07) is 12.5. The van der Waals surface area contributed by atoms with E-state index in [2.05, 4.69) is 58.5 Å². The maximum absolute atomic E-state index is 4.68. The molecule has 3 rings (SSSR count). The van der Waals surface area contributed by atoms with E-state index in [9.17, 15) is 0 Å². The van der Waals surface area contributed by atoms with Crippen molar-refractivity contribution in [3.05, 3.63) is 53.5 Å². The zero-order valence-corrected chi connectivity index (χ0v) is 11.5. The first-order chi connectivity index (χ1) is 9.20. The van der Waals surface area contributed by atoms with Gasteiger partial charge in [-0.2, -0.15) is 0 Å². The predicted molar refractivity (Wildman–Crippen MR) is 77.3 cm³/mol. The number of hydrogen-bond donors (Lipinski definition) is 0. The van der Waals surface area contributed by atoms with Crippen LogP contribution in [0.15, 0.2) is 36.4 Å². The molecule has 96 valence electrons. The van der Waals surface area contributed by atoms with Gasteiger partial charge in [0.15, 0.2) is 0 Å². The SMILES string of the molecule is CCc1nc2nc(C)cc(C)n2c1-c1ccccc1. The van der Waals surface area contributed by atoms with Gasteiger partial charge in [-0.15, -0.1) is 0 Å². The van der Waals surface area contributed by atoms with Gasteiger partial charge < -0.3 is 0 Å². The van der Waals surface area contributed by atoms with Gasteiger partial charge in [0.1, 0.15) is 0 Å². The second-order valence-electron chi connectivity index (χ2n) is 4.80. The maximum Gasteiger partial charge on any atom is 0.234 e. The number of aromatic nitrogens is 3. The molecule has 0 radical (unpaired) electrons. The molecule has 0 spiro atoms. The molecule has 3 heteroatoms. The molecule has 0 aliphatic carbocycles. The summed E-state index contributed by atoms with van der Waals surface area (Å²) in [4.78, 5) is 9.22. The Kier molecular flexibility index (Phi) is 2.82. The lowest BCUT2D eigenvalue weighted by atomic mass is 10.1. The highest BCUT2D eigenvalue weighted by Crippen LogP contribution is 2.26. The van der Waals surface area contributed by atoms with Gasteiger partial charge in [-0.25, -0.2) is 9.97 Å². The van der Waals surface area contributed by atoms with Gasteiger partial charge >= 0.3 is 0 Å². The molecule has 3 aromatic rings. The van der Waals surface area contributed by atoms with E-state index >= 15 is 0 Å². The minimum atomic E-state index is 0.799. The number of imidazole rings is 1. The third-order valence-electron chi connectivity index (χ3n) is 3.36. The molecule has 0 saturated heterocycles. The largest absolute Gasteiger partial charge is 0.281 e. The van der Waals surface area contributed by atoms with Gasteiger partial charge in [-0.05, 0) is 26.3 Å². The fourth-order valence-electron chi connectivity index (χ4n) is 2.56. The van der Waals surface area contributed by atoms with E-state index in [4.69, 9.17) is 0 Å². The van der Waals surface area contributed by atoms with E-state index in [-0.39, 0.29) is 0 Å². The zero-order valence-electron chi connectivity index (χ0n) is 11.5. The third kappa shape index (κ3) is 1.91. The molecule has 3 nitrogen and oxygen atoms in total. The minimum absolute atomic E-state index is 0.799. The van der Waals surface area contributed by atoms with Crippen LogP contribution in [0.25, 0.3) is 17.0 Å². The van der Waals surface area contributed by atoms with Crippen LogP contribution in [0.4, 0.5) is 0 Å². The fraction of sp³-hybridized carbons (Fsp3) is 0.250. The topological polar surface area (TPSA) is 30.2 Å². The third-order valence-corrected chi connectivity index (χ3v) is 3.36. The standard InChI is InChI=1S/C16H17N3/c1-4-14-15(13-8-6-5-7-9-13)19-12(3)10-11(2)17-16(19)18-14/h5-10H,4H2,1-3H3. The highest BCUT2D eigenvalue weighted by Gasteiger charge is 2.15. The summed E-state index contributed by atoms with van der Waals surface area (Å²) in [5.74, 6) is 0.799. The number of aryl methyl sites for hydroxylation is 3. The van der Waals surface area contributed by atoms with E-state index in [1.807, 2.05) is 13.0 Å². The molecule has 0 aliphatic rings. The molecule has 2 heterocycles. The van der Waals surface area contributed by atoms with Crippen LogP contribution in [0, 0.1) is 13.8 Å². The van der Waals surface area contributed by atoms with E-state index in [1.165, 1.54) is 17.0 Å². The summed E-state index contributed by atoms with van der Waals surface area (Å²) in [6.45, 7) is 6.25. The Labute approximate surface area is 113 Å². The van der Waals surface area contributed by atoms with E-state index in [0.29, 0.717) is 0 Å². The summed E-state index contributed by atoms with van der Waals surface area (Å²) >= 11 is 0. The Hall–Kier alpha value is -2.16. The van der Waals surface area contributed by atoms with Crippen molar-refractivity contribution in [1.29, 1.82) is 0 Å². The van der Waals surface area contributed by atoms with Crippen molar-refractivity contribution >= 4 is 5.78 Å². The van der Waals surface area contributed by atoms with E-state index in [1.54, 1.807) is 0 Å². The lowest BCUT2D eigenvalue weighted by Crippen LogP contribution is -1.98. The van der Waals surface area contributed by atoms with Crippen molar-refractivity contribution in [2.45, 2.75) is 27.2 Å². The lowest BCUT2D eigenvalue weighted by Gasteiger charge is -2.07. The van der Waals surface area contributed by atoms with E-state index < -0.39 is 0 Å². The van der Waals surface area contributed by atoms with Crippen molar-refractivity contribution in [3.8, 4) is 11.3 Å². The van der Waals surface area contributed by atoms with Crippen LogP contribution in [0.2, 0.25) is 0 Å². The van der Waals surface area contributed by atoms with Crippen LogP contribution in [0.3, 0.4) is 0 Å². The summed E-state index contributed by atoms with van der Waals surface area (Å²) < 4.78 is 2.15. The molecule has 0 amide bonds. The van der Waals surface area contributed by atoms with E-state index in [0.717, 1.165) is 23.6 Å². The normalized spacial score (nSPS) is 11.1. The number of hydrogen-bond acceptors (Lipinski definition) is 2. The number of fused-ring (bicyclic) bond motifs is 1. The Bertz CT molecular complexity index is 727. The van der Waals surface area contributed by atoms with Gasteiger partial charge in [0, 0.05) is 17.0 Å². The Morgan fingerprint density at radius 1 is 1.05 bits per heavy atom. The smallest absolute Gasteiger partial charge is 0.234 e. The highest BCUT2D eigenvalue weighted by atomic mass is 15.1. The zero-order chi connectivity index (χ0) is 13.4. The van der Waals surface area contributed by atoms with Crippen LogP contribution in [0.5, 0.6) is 0 Å². The second-order valence-corrected chi connectivity index (χ2v) is 4.80. The average molecular weight is 251 g/mol. The van der Waals surface area contributed by atoms with Crippen molar-refractivity contribution in [2.75, 3.05) is 0 Å². The molecule has 0 N–H and O–H groups in total. The van der Waals surface area contributed by atoms with Crippen LogP contribution >= 0.6 is 0 Å². The monoisotopic (exact) mass is 251 g/mol. The molecule has 0 atom stereocenters. The number of benzene rings is 1. The summed E-state index contributed by atoms with van der Waals surface area (Å²) in [5.41, 5.74) is 5.65. The van der Waals surface area contributed by atoms with Gasteiger partial charge in [0.05, 0.1) is 11.4 Å². The summed E-state index contributed by atoms with van der Waals surface area (Å²) in [7, 11) is 0. The highest BCUT2D eigenvalue weighted by molar-refractivity contribution is 5.66. The van der Waals surface area contributed by atoms with Crippen LogP contribution in [-0.2, 0) is 6.42 Å². The fourth-order valence-corrected chi connectivity index (χ4v) is 2.56. The van der Waals surface area contributed by atoms with Gasteiger partial charge in [-0.1, -0.05) is 37.3 Å². The molecule has 0 unspecified atom stereocenters. The first kappa shape index (κ1) is 11.9. The van der Waals surface area contributed by atoms with Crippen molar-refractivity contribution in [3.63, 3.8) is 0 Å². The molecule has 0 aliphatic heterocycles. The molecular weight excluding hydrogens is 234 g/mol. The molecule has 2 aromatic heterocycles. The second kappa shape index (κ2) is 4.50. The number of rotatable bonds is 2. The van der Waals surface area contributed by atoms with Gasteiger partial charge in [-0.3, -0.25) is 4.40 Å². The first-order valence-electron chi connectivity index (χ1n) is 6.61. The van der Waals surface area contributed by atoms with Crippen LogP contribution in [0.1, 0.15) is 24.0 Å². The average Bonchev–Trinajstić information content (AvgIpc) is 2.78. The minimum Gasteiger partial charge on any atom is -0.281 e. The molecule has 1 aromatic carbocycles. The van der Waals surface area contributed by atoms with Crippen LogP contribution in [-0.4, -0.2) is 14.4 Å². The lowest BCUT2D eigenvalue weighted by molar-refractivity contribution is 1.02. The summed E-state index contributed by atoms with van der Waals surface area (Å²) in [5, 5.41) is 0. The summed E-state index contributed by atoms with van der Waals surface area (Å²) in [6.07, 6.45) is 0.909. The molecular formula is C16H17N3. The Morgan fingerprint density at radius 2 is 1.79 bits per heavy atom. The molecule has 0 saturated carbocycles.